The predicted molar refractivity (Wildman–Crippen MR) is 113 cm³/mol. The van der Waals surface area contributed by atoms with Gasteiger partial charge in [-0.1, -0.05) is 11.6 Å². The second kappa shape index (κ2) is 7.39. The summed E-state index contributed by atoms with van der Waals surface area (Å²) in [4.78, 5) is 6.92. The minimum Gasteiger partial charge on any atom is -0.369 e. The minimum absolute atomic E-state index is 0.128. The number of aromatic nitrogens is 2. The van der Waals surface area contributed by atoms with E-state index in [0.29, 0.717) is 47.1 Å². The van der Waals surface area contributed by atoms with Crippen LogP contribution in [0, 0.1) is 0 Å². The topological polar surface area (TPSA) is 58.4 Å². The molecule has 1 saturated heterocycles. The smallest absolute Gasteiger partial charge is 0.245 e. The van der Waals surface area contributed by atoms with Crippen LogP contribution in [-0.4, -0.2) is 48.5 Å². The summed E-state index contributed by atoms with van der Waals surface area (Å²) >= 11 is 5.96. The number of halogens is 1. The number of sulfonamides is 1. The summed E-state index contributed by atoms with van der Waals surface area (Å²) in [5.41, 5.74) is 1.76. The molecule has 3 aromatic rings. The zero-order chi connectivity index (χ0) is 19.9. The number of hydrogen-bond donors (Lipinski definition) is 0. The Labute approximate surface area is 170 Å². The Hall–Kier alpha value is -2.09. The quantitative estimate of drug-likeness (QED) is 0.647. The Morgan fingerprint density at radius 1 is 1.04 bits per heavy atom. The van der Waals surface area contributed by atoms with Crippen molar-refractivity contribution in [2.45, 2.75) is 24.8 Å². The fraction of sp³-hybridized carbons (Fsp3) is 0.350. The fourth-order valence-electron chi connectivity index (χ4n) is 3.63. The minimum atomic E-state index is -3.59. The van der Waals surface area contributed by atoms with Gasteiger partial charge >= 0.3 is 0 Å². The first-order valence-corrected chi connectivity index (χ1v) is 11.2. The molecule has 4 rings (SSSR count). The average Bonchev–Trinajstić information content (AvgIpc) is 3.09. The number of rotatable bonds is 4. The molecule has 8 heteroatoms. The van der Waals surface area contributed by atoms with Crippen molar-refractivity contribution in [2.24, 2.45) is 0 Å². The molecule has 1 fully saturated rings. The third-order valence-corrected chi connectivity index (χ3v) is 7.34. The summed E-state index contributed by atoms with van der Waals surface area (Å²) in [6.45, 7) is 6.22. The van der Waals surface area contributed by atoms with Crippen LogP contribution in [0.15, 0.2) is 53.7 Å². The molecule has 28 heavy (non-hydrogen) atoms. The number of hydrogen-bond acceptors (Lipinski definition) is 4. The van der Waals surface area contributed by atoms with Gasteiger partial charge < -0.3 is 9.47 Å². The lowest BCUT2D eigenvalue weighted by molar-refractivity contribution is 0.385. The molecule has 0 N–H and O–H groups in total. The van der Waals surface area contributed by atoms with E-state index >= 15 is 0 Å². The van der Waals surface area contributed by atoms with E-state index in [0.717, 1.165) is 5.69 Å². The molecule has 0 saturated carbocycles. The zero-order valence-corrected chi connectivity index (χ0v) is 17.5. The van der Waals surface area contributed by atoms with Crippen LogP contribution in [0.3, 0.4) is 0 Å². The van der Waals surface area contributed by atoms with Gasteiger partial charge in [0.1, 0.15) is 10.5 Å². The normalized spacial score (nSPS) is 16.2. The van der Waals surface area contributed by atoms with E-state index in [-0.39, 0.29) is 6.04 Å². The Bertz CT molecular complexity index is 1090. The zero-order valence-electron chi connectivity index (χ0n) is 15.9. The molecule has 0 bridgehead atoms. The third kappa shape index (κ3) is 3.38. The fourth-order valence-corrected chi connectivity index (χ4v) is 5.36. The third-order valence-electron chi connectivity index (χ3n) is 5.16. The van der Waals surface area contributed by atoms with Crippen LogP contribution in [0.2, 0.25) is 5.02 Å². The van der Waals surface area contributed by atoms with Gasteiger partial charge in [-0.25, -0.2) is 13.4 Å². The molecule has 0 amide bonds. The SMILES string of the molecule is CC(C)n1cc(S(=O)(=O)N2CCN(c3ccc(Cl)cc3)CC2)c2cccnc21. The highest BCUT2D eigenvalue weighted by atomic mass is 35.5. The summed E-state index contributed by atoms with van der Waals surface area (Å²) in [6, 6.07) is 11.4. The van der Waals surface area contributed by atoms with Crippen molar-refractivity contribution in [1.82, 2.24) is 13.9 Å². The van der Waals surface area contributed by atoms with Gasteiger partial charge in [-0.15, -0.1) is 0 Å². The largest absolute Gasteiger partial charge is 0.369 e. The van der Waals surface area contributed by atoms with Gasteiger partial charge in [0.05, 0.1) is 0 Å². The first-order chi connectivity index (χ1) is 13.4. The second-order valence-electron chi connectivity index (χ2n) is 7.24. The molecule has 148 valence electrons. The van der Waals surface area contributed by atoms with Crippen molar-refractivity contribution >= 4 is 38.3 Å². The van der Waals surface area contributed by atoms with Crippen molar-refractivity contribution < 1.29 is 8.42 Å². The first kappa shape index (κ1) is 19.2. The summed E-state index contributed by atoms with van der Waals surface area (Å²) in [5, 5.41) is 1.37. The maximum absolute atomic E-state index is 13.4. The van der Waals surface area contributed by atoms with Gasteiger partial charge in [0.25, 0.3) is 0 Å². The Morgan fingerprint density at radius 2 is 1.71 bits per heavy atom. The second-order valence-corrected chi connectivity index (χ2v) is 9.58. The number of nitrogens with zero attached hydrogens (tertiary/aromatic N) is 4. The van der Waals surface area contributed by atoms with E-state index in [2.05, 4.69) is 9.88 Å². The van der Waals surface area contributed by atoms with Crippen molar-refractivity contribution in [3.63, 3.8) is 0 Å². The molecular weight excluding hydrogens is 396 g/mol. The summed E-state index contributed by atoms with van der Waals surface area (Å²) in [6.07, 6.45) is 3.42. The van der Waals surface area contributed by atoms with Crippen LogP contribution in [0.5, 0.6) is 0 Å². The molecule has 3 heterocycles. The Balaban J connectivity index is 1.60. The van der Waals surface area contributed by atoms with Gasteiger partial charge in [0.2, 0.25) is 10.0 Å². The van der Waals surface area contributed by atoms with Gasteiger partial charge in [-0.2, -0.15) is 4.31 Å². The van der Waals surface area contributed by atoms with Gasteiger partial charge in [0.15, 0.2) is 0 Å². The maximum Gasteiger partial charge on any atom is 0.245 e. The molecule has 0 unspecified atom stereocenters. The van der Waals surface area contributed by atoms with E-state index in [1.54, 1.807) is 22.8 Å². The number of fused-ring (bicyclic) bond motifs is 1. The lowest BCUT2D eigenvalue weighted by Gasteiger charge is -2.35. The van der Waals surface area contributed by atoms with Crippen LogP contribution in [0.4, 0.5) is 5.69 Å². The Morgan fingerprint density at radius 3 is 2.36 bits per heavy atom. The number of pyridine rings is 1. The van der Waals surface area contributed by atoms with E-state index in [9.17, 15) is 8.42 Å². The van der Waals surface area contributed by atoms with Gasteiger partial charge in [0, 0.05) is 60.7 Å². The van der Waals surface area contributed by atoms with Crippen LogP contribution in [0.25, 0.3) is 11.0 Å². The summed E-state index contributed by atoms with van der Waals surface area (Å²) < 4.78 is 30.2. The monoisotopic (exact) mass is 418 g/mol. The highest BCUT2D eigenvalue weighted by molar-refractivity contribution is 7.89. The molecule has 2 aromatic heterocycles. The van der Waals surface area contributed by atoms with Crippen LogP contribution >= 0.6 is 11.6 Å². The van der Waals surface area contributed by atoms with Gasteiger partial charge in [-0.3, -0.25) is 0 Å². The van der Waals surface area contributed by atoms with E-state index in [1.807, 2.05) is 48.7 Å². The van der Waals surface area contributed by atoms with Crippen LogP contribution < -0.4 is 4.90 Å². The molecule has 1 aliphatic heterocycles. The van der Waals surface area contributed by atoms with Crippen LogP contribution in [0.1, 0.15) is 19.9 Å². The Kier molecular flexibility index (Phi) is 5.07. The lowest BCUT2D eigenvalue weighted by Crippen LogP contribution is -2.48. The predicted octanol–water partition coefficient (Wildman–Crippen LogP) is 3.78. The van der Waals surface area contributed by atoms with E-state index in [1.165, 1.54) is 0 Å². The molecule has 0 atom stereocenters. The number of anilines is 1. The lowest BCUT2D eigenvalue weighted by atomic mass is 10.2. The van der Waals surface area contributed by atoms with Crippen molar-refractivity contribution in [3.8, 4) is 0 Å². The highest BCUT2D eigenvalue weighted by Crippen LogP contribution is 2.30. The number of benzene rings is 1. The number of piperazine rings is 1. The van der Waals surface area contributed by atoms with Gasteiger partial charge in [-0.05, 0) is 50.2 Å². The molecule has 0 radical (unpaired) electrons. The summed E-state index contributed by atoms with van der Waals surface area (Å²) in [5.74, 6) is 0. The summed E-state index contributed by atoms with van der Waals surface area (Å²) in [7, 11) is -3.59. The molecule has 0 spiro atoms. The maximum atomic E-state index is 13.4. The molecule has 1 aliphatic rings. The van der Waals surface area contributed by atoms with E-state index in [4.69, 9.17) is 11.6 Å². The van der Waals surface area contributed by atoms with Crippen LogP contribution in [-0.2, 0) is 10.0 Å². The molecular formula is C20H23ClN4O2S. The molecule has 0 aliphatic carbocycles. The van der Waals surface area contributed by atoms with E-state index < -0.39 is 10.0 Å². The van der Waals surface area contributed by atoms with Crippen molar-refractivity contribution in [1.29, 1.82) is 0 Å². The van der Waals surface area contributed by atoms with Crippen molar-refractivity contribution in [3.05, 3.63) is 53.8 Å². The average molecular weight is 419 g/mol. The molecule has 1 aromatic carbocycles. The first-order valence-electron chi connectivity index (χ1n) is 9.34. The highest BCUT2D eigenvalue weighted by Gasteiger charge is 2.31. The van der Waals surface area contributed by atoms with Crippen molar-refractivity contribution in [2.75, 3.05) is 31.1 Å². The molecule has 6 nitrogen and oxygen atoms in total. The standard InChI is InChI=1S/C20H23ClN4O2S/c1-15(2)25-14-19(18-4-3-9-22-20(18)25)28(26,27)24-12-10-23(11-13-24)17-7-5-16(21)6-8-17/h3-9,14-15H,10-13H2,1-2H3.